The highest BCUT2D eigenvalue weighted by Crippen LogP contribution is 2.34. The third-order valence-electron chi connectivity index (χ3n) is 2.83. The van der Waals surface area contributed by atoms with Gasteiger partial charge in [-0.05, 0) is 31.0 Å². The van der Waals surface area contributed by atoms with Gasteiger partial charge in [0.1, 0.15) is 4.90 Å². The lowest BCUT2D eigenvalue weighted by Gasteiger charge is -2.21. The fourth-order valence-corrected chi connectivity index (χ4v) is 4.20. The van der Waals surface area contributed by atoms with Gasteiger partial charge in [0.25, 0.3) is 0 Å². The minimum absolute atomic E-state index is 0.156. The molecular formula is C11H15BrN2O2S. The molecule has 0 amide bonds. The van der Waals surface area contributed by atoms with Gasteiger partial charge in [-0.25, -0.2) is 8.42 Å². The molecule has 17 heavy (non-hydrogen) atoms. The number of hydrogen-bond donors (Lipinski definition) is 1. The standard InChI is InChI=1S/C11H15BrN2O2S/c1-2-14(9-4-5-9)17(15,16)11-7-8(12)3-6-10(11)13/h3,6-7,9H,2,4-5,13H2,1H3. The SMILES string of the molecule is CCN(C1CC1)S(=O)(=O)c1cc(Br)ccc1N. The molecule has 0 bridgehead atoms. The molecule has 4 nitrogen and oxygen atoms in total. The van der Waals surface area contributed by atoms with E-state index in [1.807, 2.05) is 6.92 Å². The predicted molar refractivity (Wildman–Crippen MR) is 71.1 cm³/mol. The summed E-state index contributed by atoms with van der Waals surface area (Å²) in [5, 5.41) is 0. The van der Waals surface area contributed by atoms with Crippen molar-refractivity contribution in [3.05, 3.63) is 22.7 Å². The summed E-state index contributed by atoms with van der Waals surface area (Å²) in [6.45, 7) is 2.34. The Morgan fingerprint density at radius 3 is 2.65 bits per heavy atom. The van der Waals surface area contributed by atoms with Crippen molar-refractivity contribution in [2.24, 2.45) is 0 Å². The predicted octanol–water partition coefficient (Wildman–Crippen LogP) is 2.20. The molecule has 1 aliphatic rings. The molecule has 1 aromatic carbocycles. The van der Waals surface area contributed by atoms with Crippen LogP contribution >= 0.6 is 15.9 Å². The van der Waals surface area contributed by atoms with Crippen molar-refractivity contribution in [2.75, 3.05) is 12.3 Å². The van der Waals surface area contributed by atoms with E-state index in [1.54, 1.807) is 18.2 Å². The summed E-state index contributed by atoms with van der Waals surface area (Å²) in [4.78, 5) is 0.195. The molecule has 0 aliphatic heterocycles. The second-order valence-electron chi connectivity index (χ2n) is 4.12. The van der Waals surface area contributed by atoms with E-state index in [1.165, 1.54) is 4.31 Å². The van der Waals surface area contributed by atoms with E-state index >= 15 is 0 Å². The average Bonchev–Trinajstić information content (AvgIpc) is 3.06. The molecule has 0 spiro atoms. The molecule has 0 atom stereocenters. The highest BCUT2D eigenvalue weighted by Gasteiger charge is 2.37. The van der Waals surface area contributed by atoms with Crippen molar-refractivity contribution in [1.82, 2.24) is 4.31 Å². The third-order valence-corrected chi connectivity index (χ3v) is 5.40. The Balaban J connectivity index is 2.46. The van der Waals surface area contributed by atoms with E-state index in [4.69, 9.17) is 5.73 Å². The van der Waals surface area contributed by atoms with E-state index < -0.39 is 10.0 Å². The van der Waals surface area contributed by atoms with Gasteiger partial charge in [0.05, 0.1) is 5.69 Å². The monoisotopic (exact) mass is 318 g/mol. The molecule has 0 radical (unpaired) electrons. The van der Waals surface area contributed by atoms with Crippen molar-refractivity contribution in [1.29, 1.82) is 0 Å². The maximum absolute atomic E-state index is 12.4. The maximum atomic E-state index is 12.4. The lowest BCUT2D eigenvalue weighted by atomic mass is 10.3. The van der Waals surface area contributed by atoms with Crippen LogP contribution in [0.4, 0.5) is 5.69 Å². The van der Waals surface area contributed by atoms with Crippen LogP contribution in [0.15, 0.2) is 27.6 Å². The topological polar surface area (TPSA) is 63.4 Å². The number of nitrogens with two attached hydrogens (primary N) is 1. The fraction of sp³-hybridized carbons (Fsp3) is 0.455. The van der Waals surface area contributed by atoms with E-state index in [0.717, 1.165) is 17.3 Å². The van der Waals surface area contributed by atoms with Gasteiger partial charge >= 0.3 is 0 Å². The molecule has 94 valence electrons. The number of anilines is 1. The van der Waals surface area contributed by atoms with Crippen LogP contribution in [0.25, 0.3) is 0 Å². The van der Waals surface area contributed by atoms with Crippen molar-refractivity contribution in [3.63, 3.8) is 0 Å². The van der Waals surface area contributed by atoms with E-state index in [2.05, 4.69) is 15.9 Å². The summed E-state index contributed by atoms with van der Waals surface area (Å²) >= 11 is 3.27. The molecule has 0 heterocycles. The molecule has 0 aromatic heterocycles. The highest BCUT2D eigenvalue weighted by molar-refractivity contribution is 9.10. The number of hydrogen-bond acceptors (Lipinski definition) is 3. The van der Waals surface area contributed by atoms with Crippen molar-refractivity contribution in [2.45, 2.75) is 30.7 Å². The lowest BCUT2D eigenvalue weighted by molar-refractivity contribution is 0.421. The molecular weight excluding hydrogens is 304 g/mol. The Hall–Kier alpha value is -0.590. The first-order chi connectivity index (χ1) is 7.96. The summed E-state index contributed by atoms with van der Waals surface area (Å²) < 4.78 is 27.1. The van der Waals surface area contributed by atoms with Crippen molar-refractivity contribution >= 4 is 31.6 Å². The zero-order chi connectivity index (χ0) is 12.6. The summed E-state index contributed by atoms with van der Waals surface area (Å²) in [6, 6.07) is 5.07. The zero-order valence-electron chi connectivity index (χ0n) is 9.56. The number of sulfonamides is 1. The molecule has 0 saturated heterocycles. The molecule has 0 unspecified atom stereocenters. The Labute approximate surface area is 110 Å². The Morgan fingerprint density at radius 1 is 1.47 bits per heavy atom. The first kappa shape index (κ1) is 12.9. The van der Waals surface area contributed by atoms with E-state index in [0.29, 0.717) is 12.2 Å². The summed E-state index contributed by atoms with van der Waals surface area (Å²) in [5.74, 6) is 0. The average molecular weight is 319 g/mol. The fourth-order valence-electron chi connectivity index (χ4n) is 1.84. The molecule has 1 fully saturated rings. The third kappa shape index (κ3) is 2.48. The minimum atomic E-state index is -3.46. The highest BCUT2D eigenvalue weighted by atomic mass is 79.9. The molecule has 2 N–H and O–H groups in total. The van der Waals surface area contributed by atoms with Gasteiger partial charge in [-0.15, -0.1) is 0 Å². The number of halogens is 1. The second kappa shape index (κ2) is 4.59. The van der Waals surface area contributed by atoms with Gasteiger partial charge in [0, 0.05) is 17.1 Å². The van der Waals surface area contributed by atoms with E-state index in [9.17, 15) is 8.42 Å². The number of nitrogens with zero attached hydrogens (tertiary/aromatic N) is 1. The smallest absolute Gasteiger partial charge is 0.245 e. The van der Waals surface area contributed by atoms with E-state index in [-0.39, 0.29) is 10.9 Å². The van der Waals surface area contributed by atoms with Crippen LogP contribution in [0.3, 0.4) is 0 Å². The Kier molecular flexibility index (Phi) is 3.47. The number of benzene rings is 1. The van der Waals surface area contributed by atoms with Gasteiger partial charge in [-0.2, -0.15) is 4.31 Å². The van der Waals surface area contributed by atoms with Gasteiger partial charge in [-0.3, -0.25) is 0 Å². The van der Waals surface area contributed by atoms with Crippen LogP contribution in [0.1, 0.15) is 19.8 Å². The van der Waals surface area contributed by atoms with Crippen LogP contribution in [-0.2, 0) is 10.0 Å². The Bertz CT molecular complexity index is 526. The summed E-state index contributed by atoms with van der Waals surface area (Å²) in [5.41, 5.74) is 6.06. The van der Waals surface area contributed by atoms with Gasteiger partial charge < -0.3 is 5.73 Å². The molecule has 2 rings (SSSR count). The quantitative estimate of drug-likeness (QED) is 0.866. The van der Waals surface area contributed by atoms with Crippen LogP contribution in [0.5, 0.6) is 0 Å². The summed E-state index contributed by atoms with van der Waals surface area (Å²) in [7, 11) is -3.46. The van der Waals surface area contributed by atoms with Gasteiger partial charge in [0.15, 0.2) is 0 Å². The van der Waals surface area contributed by atoms with Crippen molar-refractivity contribution < 1.29 is 8.42 Å². The molecule has 6 heteroatoms. The largest absolute Gasteiger partial charge is 0.398 e. The van der Waals surface area contributed by atoms with Gasteiger partial charge in [0.2, 0.25) is 10.0 Å². The van der Waals surface area contributed by atoms with Crippen LogP contribution in [0.2, 0.25) is 0 Å². The zero-order valence-corrected chi connectivity index (χ0v) is 12.0. The number of rotatable bonds is 4. The second-order valence-corrected chi connectivity index (χ2v) is 6.90. The lowest BCUT2D eigenvalue weighted by Crippen LogP contribution is -2.33. The summed E-state index contributed by atoms with van der Waals surface area (Å²) in [6.07, 6.45) is 1.89. The molecule has 1 aliphatic carbocycles. The first-order valence-corrected chi connectivity index (χ1v) is 7.77. The number of nitrogen functional groups attached to an aromatic ring is 1. The van der Waals surface area contributed by atoms with Crippen LogP contribution < -0.4 is 5.73 Å². The van der Waals surface area contributed by atoms with Gasteiger partial charge in [-0.1, -0.05) is 22.9 Å². The minimum Gasteiger partial charge on any atom is -0.398 e. The van der Waals surface area contributed by atoms with Crippen LogP contribution in [-0.4, -0.2) is 25.3 Å². The first-order valence-electron chi connectivity index (χ1n) is 5.53. The van der Waals surface area contributed by atoms with Crippen LogP contribution in [0, 0.1) is 0 Å². The van der Waals surface area contributed by atoms with Crippen molar-refractivity contribution in [3.8, 4) is 0 Å². The molecule has 1 aromatic rings. The molecule has 1 saturated carbocycles. The Morgan fingerprint density at radius 2 is 2.12 bits per heavy atom. The normalized spacial score (nSPS) is 16.4. The maximum Gasteiger partial charge on any atom is 0.245 e.